The summed E-state index contributed by atoms with van der Waals surface area (Å²) in [5.41, 5.74) is 12.3. The van der Waals surface area contributed by atoms with Gasteiger partial charge < -0.3 is 4.74 Å². The third-order valence-electron chi connectivity index (χ3n) is 8.12. The van der Waals surface area contributed by atoms with E-state index in [-0.39, 0.29) is 17.5 Å². The quantitative estimate of drug-likeness (QED) is 0.0991. The van der Waals surface area contributed by atoms with E-state index in [9.17, 15) is 19.3 Å². The lowest BCUT2D eigenvalue weighted by atomic mass is 10.1. The van der Waals surface area contributed by atoms with Gasteiger partial charge in [-0.05, 0) is 104 Å². The van der Waals surface area contributed by atoms with Gasteiger partial charge in [0.05, 0.1) is 29.2 Å². The van der Waals surface area contributed by atoms with E-state index in [2.05, 4.69) is 78.8 Å². The van der Waals surface area contributed by atoms with Crippen molar-refractivity contribution in [2.24, 2.45) is 0 Å². The molecule has 0 aliphatic carbocycles. The van der Waals surface area contributed by atoms with Gasteiger partial charge >= 0.3 is 5.97 Å². The topological polar surface area (TPSA) is 119 Å². The molecule has 0 aliphatic heterocycles. The smallest absolute Gasteiger partial charge is 0.337 e. The zero-order chi connectivity index (χ0) is 44.5. The largest absolute Gasteiger partial charge is 0.465 e. The zero-order valence-electron chi connectivity index (χ0n) is 35.8. The number of hydrogen-bond donors (Lipinski definition) is 0. The van der Waals surface area contributed by atoms with Gasteiger partial charge in [-0.25, -0.2) is 19.2 Å². The van der Waals surface area contributed by atoms with Gasteiger partial charge in [-0.3, -0.25) is 10.1 Å². The van der Waals surface area contributed by atoms with Crippen molar-refractivity contribution in [1.82, 2.24) is 9.97 Å². The van der Waals surface area contributed by atoms with Crippen molar-refractivity contribution >= 4 is 11.7 Å². The fourth-order valence-corrected chi connectivity index (χ4v) is 5.07. The standard InChI is InChI=1S/C11H10N2.C9H10O2.C9H12.C8H7N.C7H7F.C7H7NO2/c1-9-4-2-5-10(8-9)11-12-6-3-7-13-11;1-7-3-5-8(6-4-7)9(10)11-2;1-7-4-8(2)6-9(3)5-7;1-7-2-4-8(6-9)5-3-7;1-6-2-4-7(8)5-3-6;1-6-2-4-7(5-3-6)8(9)10/h2-8H,1H3;3-6H,1-2H3;4-6H,1-3H3;2-5H,1H3;2-5H,1H3;2-5H,1H3. The number of carbonyl (C=O) groups is 1. The second-order valence-electron chi connectivity index (χ2n) is 13.8. The first kappa shape index (κ1) is 48.8. The Kier molecular flexibility index (Phi) is 21.6. The molecule has 6 aromatic carbocycles. The van der Waals surface area contributed by atoms with Crippen LogP contribution < -0.4 is 0 Å². The molecule has 0 bridgehead atoms. The molecule has 0 N–H and O–H groups in total. The summed E-state index contributed by atoms with van der Waals surface area (Å²) < 4.78 is 16.6. The number of benzene rings is 6. The molecule has 0 atom stereocenters. The number of methoxy groups -OCH3 is 1. The van der Waals surface area contributed by atoms with Crippen molar-refractivity contribution in [1.29, 1.82) is 5.26 Å². The lowest BCUT2D eigenvalue weighted by Crippen LogP contribution is -2.00. The van der Waals surface area contributed by atoms with Crippen LogP contribution in [0.15, 0.2) is 158 Å². The van der Waals surface area contributed by atoms with Crippen molar-refractivity contribution in [3.05, 3.63) is 230 Å². The maximum atomic E-state index is 12.1. The highest BCUT2D eigenvalue weighted by Crippen LogP contribution is 2.15. The van der Waals surface area contributed by atoms with Crippen molar-refractivity contribution in [2.75, 3.05) is 7.11 Å². The predicted molar refractivity (Wildman–Crippen MR) is 240 cm³/mol. The van der Waals surface area contributed by atoms with E-state index in [1.165, 1.54) is 59.2 Å². The molecule has 0 saturated heterocycles. The van der Waals surface area contributed by atoms with Gasteiger partial charge in [-0.1, -0.05) is 129 Å². The Morgan fingerprint density at radius 2 is 1.02 bits per heavy atom. The molecule has 0 radical (unpaired) electrons. The molecule has 9 heteroatoms. The minimum atomic E-state index is -0.403. The number of esters is 1. The van der Waals surface area contributed by atoms with E-state index in [0.717, 1.165) is 33.6 Å². The number of nitro groups is 1. The average molecular weight is 805 g/mol. The summed E-state index contributed by atoms with van der Waals surface area (Å²) >= 11 is 0. The van der Waals surface area contributed by atoms with Crippen LogP contribution in [0.25, 0.3) is 11.4 Å². The van der Waals surface area contributed by atoms with Gasteiger partial charge in [-0.15, -0.1) is 0 Å². The monoisotopic (exact) mass is 804 g/mol. The van der Waals surface area contributed by atoms with Gasteiger partial charge in [0.15, 0.2) is 5.82 Å². The lowest BCUT2D eigenvalue weighted by molar-refractivity contribution is -0.384. The number of halogens is 1. The third-order valence-corrected chi connectivity index (χ3v) is 8.12. The predicted octanol–water partition coefficient (Wildman–Crippen LogP) is 12.7. The van der Waals surface area contributed by atoms with E-state index >= 15 is 0 Å². The Morgan fingerprint density at radius 3 is 1.42 bits per heavy atom. The number of rotatable bonds is 3. The third kappa shape index (κ3) is 20.2. The van der Waals surface area contributed by atoms with Gasteiger partial charge in [0.25, 0.3) is 5.69 Å². The Morgan fingerprint density at radius 1 is 0.583 bits per heavy atom. The molecule has 0 saturated carbocycles. The van der Waals surface area contributed by atoms with Crippen molar-refractivity contribution in [2.45, 2.75) is 55.4 Å². The normalized spacial score (nSPS) is 9.35. The summed E-state index contributed by atoms with van der Waals surface area (Å²) in [6.45, 7) is 16.2. The van der Waals surface area contributed by atoms with Crippen LogP contribution in [0.4, 0.5) is 10.1 Å². The Bertz CT molecular complexity index is 2310. The van der Waals surface area contributed by atoms with Crippen LogP contribution in [0.2, 0.25) is 0 Å². The number of aryl methyl sites for hydroxylation is 8. The number of hydrogen-bond acceptors (Lipinski definition) is 7. The fraction of sp³-hybridized carbons (Fsp3) is 0.176. The first-order valence-corrected chi connectivity index (χ1v) is 19.0. The van der Waals surface area contributed by atoms with Crippen LogP contribution in [0, 0.1) is 82.7 Å². The molecule has 8 nitrogen and oxygen atoms in total. The van der Waals surface area contributed by atoms with E-state index in [1.807, 2.05) is 82.3 Å². The first-order chi connectivity index (χ1) is 28.6. The van der Waals surface area contributed by atoms with E-state index in [4.69, 9.17) is 5.26 Å². The summed E-state index contributed by atoms with van der Waals surface area (Å²) in [5.74, 6) is 0.326. The molecule has 0 unspecified atom stereocenters. The van der Waals surface area contributed by atoms with Crippen LogP contribution in [0.3, 0.4) is 0 Å². The van der Waals surface area contributed by atoms with Crippen molar-refractivity contribution < 1.29 is 18.8 Å². The van der Waals surface area contributed by atoms with E-state index in [1.54, 1.807) is 48.8 Å². The molecule has 7 rings (SSSR count). The maximum Gasteiger partial charge on any atom is 0.337 e. The molecule has 0 aliphatic rings. The van der Waals surface area contributed by atoms with E-state index < -0.39 is 4.92 Å². The molecule has 0 spiro atoms. The number of nitrogens with zero attached hydrogens (tertiary/aromatic N) is 4. The zero-order valence-corrected chi connectivity index (χ0v) is 35.8. The maximum absolute atomic E-state index is 12.1. The highest BCUT2D eigenvalue weighted by atomic mass is 19.1. The molecule has 1 aromatic heterocycles. The van der Waals surface area contributed by atoms with Crippen LogP contribution in [0.1, 0.15) is 60.4 Å². The van der Waals surface area contributed by atoms with Crippen LogP contribution in [0.5, 0.6) is 0 Å². The van der Waals surface area contributed by atoms with Crippen LogP contribution in [-0.4, -0.2) is 28.0 Å². The highest BCUT2D eigenvalue weighted by molar-refractivity contribution is 5.89. The van der Waals surface area contributed by atoms with Gasteiger partial charge in [0.1, 0.15) is 5.82 Å². The van der Waals surface area contributed by atoms with Crippen molar-refractivity contribution in [3.8, 4) is 17.5 Å². The summed E-state index contributed by atoms with van der Waals surface area (Å²) in [6.07, 6.45) is 3.51. The fourth-order valence-electron chi connectivity index (χ4n) is 5.07. The number of ether oxygens (including phenoxy) is 1. The average Bonchev–Trinajstić information content (AvgIpc) is 3.23. The summed E-state index contributed by atoms with van der Waals surface area (Å²) in [5, 5.41) is 18.5. The minimum Gasteiger partial charge on any atom is -0.465 e. The van der Waals surface area contributed by atoms with Crippen molar-refractivity contribution in [3.63, 3.8) is 0 Å². The SMILES string of the molecule is COC(=O)c1ccc(C)cc1.Cc1cc(C)cc(C)c1.Cc1ccc(C#N)cc1.Cc1ccc(F)cc1.Cc1ccc([N+](=O)[O-])cc1.Cc1cccc(-c2ncccn2)c1. The van der Waals surface area contributed by atoms with Crippen LogP contribution >= 0.6 is 0 Å². The second kappa shape index (κ2) is 26.6. The Balaban J connectivity index is 0.000000250. The highest BCUT2D eigenvalue weighted by Gasteiger charge is 2.03. The summed E-state index contributed by atoms with van der Waals surface area (Å²) in [4.78, 5) is 29.0. The van der Waals surface area contributed by atoms with Gasteiger partial charge in [0, 0.05) is 30.1 Å². The number of aromatic nitrogens is 2. The molecule has 0 amide bonds. The van der Waals surface area contributed by atoms with Crippen LogP contribution in [-0.2, 0) is 4.74 Å². The molecule has 1 heterocycles. The second-order valence-corrected chi connectivity index (χ2v) is 13.8. The molecular formula is C51H53FN4O4. The summed E-state index contributed by atoms with van der Waals surface area (Å²) in [6, 6.07) is 46.2. The number of carbonyl (C=O) groups excluding carboxylic acids is 1. The van der Waals surface area contributed by atoms with E-state index in [0.29, 0.717) is 5.56 Å². The molecular weight excluding hydrogens is 752 g/mol. The van der Waals surface area contributed by atoms with Gasteiger partial charge in [0.2, 0.25) is 0 Å². The molecule has 308 valence electrons. The minimum absolute atomic E-state index is 0.144. The Labute approximate surface area is 354 Å². The molecule has 60 heavy (non-hydrogen) atoms. The summed E-state index contributed by atoms with van der Waals surface area (Å²) in [7, 11) is 1.38. The number of nitriles is 1. The number of non-ortho nitro benzene ring substituents is 1. The number of nitro benzene ring substituents is 1. The molecule has 0 fully saturated rings. The lowest BCUT2D eigenvalue weighted by Gasteiger charge is -1.99. The first-order valence-electron chi connectivity index (χ1n) is 19.0. The Hall–Kier alpha value is -7.31. The molecule has 7 aromatic rings. The van der Waals surface area contributed by atoms with Gasteiger partial charge in [-0.2, -0.15) is 5.26 Å².